The third-order valence-corrected chi connectivity index (χ3v) is 6.31. The van der Waals surface area contributed by atoms with Crippen LogP contribution in [0.4, 0.5) is 5.69 Å². The normalized spacial score (nSPS) is 14.8. The summed E-state index contributed by atoms with van der Waals surface area (Å²) in [6.07, 6.45) is 10.2. The number of imidazole rings is 1. The van der Waals surface area contributed by atoms with Gasteiger partial charge in [-0.1, -0.05) is 36.4 Å². The molecular formula is C27H28N6O2. The average molecular weight is 469 g/mol. The Kier molecular flexibility index (Phi) is 6.70. The number of carbonyl (C=O) groups excluding carboxylic acids is 2. The summed E-state index contributed by atoms with van der Waals surface area (Å²) in [5, 5.41) is 10.7. The number of aromatic nitrogens is 4. The smallest absolute Gasteiger partial charge is 0.251 e. The van der Waals surface area contributed by atoms with Gasteiger partial charge in [0, 0.05) is 47.9 Å². The molecule has 8 nitrogen and oxygen atoms in total. The molecule has 1 aliphatic carbocycles. The number of aryl methyl sites for hydroxylation is 1. The first-order valence-electron chi connectivity index (χ1n) is 11.9. The van der Waals surface area contributed by atoms with Crippen LogP contribution in [0.2, 0.25) is 0 Å². The van der Waals surface area contributed by atoms with Gasteiger partial charge in [-0.3, -0.25) is 14.3 Å². The van der Waals surface area contributed by atoms with Crippen molar-refractivity contribution in [1.29, 1.82) is 0 Å². The Bertz CT molecular complexity index is 1300. The molecule has 2 amide bonds. The van der Waals surface area contributed by atoms with Crippen molar-refractivity contribution in [2.45, 2.75) is 44.8 Å². The van der Waals surface area contributed by atoms with Crippen LogP contribution < -0.4 is 10.6 Å². The minimum absolute atomic E-state index is 0.0794. The van der Waals surface area contributed by atoms with Crippen LogP contribution in [0.15, 0.2) is 79.5 Å². The highest BCUT2D eigenvalue weighted by molar-refractivity contribution is 5.97. The molecular weight excluding hydrogens is 440 g/mol. The lowest BCUT2D eigenvalue weighted by Crippen LogP contribution is -2.31. The van der Waals surface area contributed by atoms with Crippen LogP contribution in [0.3, 0.4) is 0 Å². The molecule has 2 heterocycles. The average Bonchev–Trinajstić information content (AvgIpc) is 3.55. The number of carbonyl (C=O) groups is 2. The zero-order valence-corrected chi connectivity index (χ0v) is 19.4. The minimum Gasteiger partial charge on any atom is -0.345 e. The molecule has 35 heavy (non-hydrogen) atoms. The van der Waals surface area contributed by atoms with E-state index < -0.39 is 0 Å². The molecule has 1 atom stereocenters. The molecule has 5 rings (SSSR count). The molecule has 0 saturated carbocycles. The van der Waals surface area contributed by atoms with E-state index >= 15 is 0 Å². The van der Waals surface area contributed by atoms with Gasteiger partial charge in [-0.25, -0.2) is 4.98 Å². The molecule has 0 fully saturated rings. The summed E-state index contributed by atoms with van der Waals surface area (Å²) in [7, 11) is 0. The third kappa shape index (κ3) is 5.48. The Balaban J connectivity index is 1.22. The molecule has 2 N–H and O–H groups in total. The van der Waals surface area contributed by atoms with E-state index in [9.17, 15) is 9.59 Å². The van der Waals surface area contributed by atoms with Crippen LogP contribution in [0, 0.1) is 0 Å². The molecule has 0 aliphatic heterocycles. The maximum Gasteiger partial charge on any atom is 0.251 e. The van der Waals surface area contributed by atoms with Crippen LogP contribution in [-0.2, 0) is 24.3 Å². The first kappa shape index (κ1) is 22.6. The first-order valence-corrected chi connectivity index (χ1v) is 11.9. The van der Waals surface area contributed by atoms with Crippen LogP contribution in [0.1, 0.15) is 52.5 Å². The lowest BCUT2D eigenvalue weighted by Gasteiger charge is -2.24. The zero-order valence-electron chi connectivity index (χ0n) is 19.4. The van der Waals surface area contributed by atoms with Crippen LogP contribution >= 0.6 is 0 Å². The maximum absolute atomic E-state index is 13.1. The maximum atomic E-state index is 13.1. The van der Waals surface area contributed by atoms with E-state index in [4.69, 9.17) is 0 Å². The zero-order chi connectivity index (χ0) is 24.0. The fraction of sp³-hybridized carbons (Fsp3) is 0.259. The number of fused-ring (bicyclic) bond motifs is 1. The number of rotatable bonds is 8. The second-order valence-corrected chi connectivity index (χ2v) is 8.79. The van der Waals surface area contributed by atoms with Crippen molar-refractivity contribution >= 4 is 17.5 Å². The number of anilines is 1. The molecule has 0 spiro atoms. The van der Waals surface area contributed by atoms with E-state index in [-0.39, 0.29) is 17.9 Å². The van der Waals surface area contributed by atoms with E-state index in [1.54, 1.807) is 36.8 Å². The highest BCUT2D eigenvalue weighted by atomic mass is 16.2. The summed E-state index contributed by atoms with van der Waals surface area (Å²) in [5.74, 6) is -0.271. The van der Waals surface area contributed by atoms with E-state index in [2.05, 4.69) is 32.8 Å². The summed E-state index contributed by atoms with van der Waals surface area (Å²) in [6.45, 7) is 1.27. The van der Waals surface area contributed by atoms with Crippen molar-refractivity contribution < 1.29 is 9.59 Å². The SMILES string of the molecule is O=C(CCn1ccnc1)Nc1cccc(C(=O)NC2CCCc3c2cnn3Cc2ccccc2)c1. The van der Waals surface area contributed by atoms with Gasteiger partial charge in [-0.05, 0) is 43.0 Å². The first-order chi connectivity index (χ1) is 17.2. The second-order valence-electron chi connectivity index (χ2n) is 8.79. The van der Waals surface area contributed by atoms with Crippen LogP contribution in [-0.4, -0.2) is 31.1 Å². The predicted molar refractivity (Wildman–Crippen MR) is 133 cm³/mol. The van der Waals surface area contributed by atoms with Crippen LogP contribution in [0.25, 0.3) is 0 Å². The van der Waals surface area contributed by atoms with Gasteiger partial charge >= 0.3 is 0 Å². The Morgan fingerprint density at radius 2 is 1.97 bits per heavy atom. The van der Waals surface area contributed by atoms with E-state index in [0.717, 1.165) is 31.4 Å². The molecule has 2 aromatic carbocycles. The quantitative estimate of drug-likeness (QED) is 0.409. The van der Waals surface area contributed by atoms with Crippen LogP contribution in [0.5, 0.6) is 0 Å². The molecule has 8 heteroatoms. The van der Waals surface area contributed by atoms with Gasteiger partial charge in [0.1, 0.15) is 0 Å². The molecule has 1 aliphatic rings. The lowest BCUT2D eigenvalue weighted by atomic mass is 9.92. The molecule has 2 aromatic heterocycles. The predicted octanol–water partition coefficient (Wildman–Crippen LogP) is 3.96. The molecule has 0 bridgehead atoms. The van der Waals surface area contributed by atoms with Gasteiger partial charge in [0.15, 0.2) is 0 Å². The highest BCUT2D eigenvalue weighted by Gasteiger charge is 2.26. The molecule has 178 valence electrons. The highest BCUT2D eigenvalue weighted by Crippen LogP contribution is 2.30. The van der Waals surface area contributed by atoms with Gasteiger partial charge < -0.3 is 15.2 Å². The van der Waals surface area contributed by atoms with Gasteiger partial charge in [-0.2, -0.15) is 5.10 Å². The molecule has 1 unspecified atom stereocenters. The van der Waals surface area contributed by atoms with Gasteiger partial charge in [-0.15, -0.1) is 0 Å². The fourth-order valence-corrected chi connectivity index (χ4v) is 4.51. The number of nitrogens with zero attached hydrogens (tertiary/aromatic N) is 4. The van der Waals surface area contributed by atoms with Crippen molar-refractivity contribution in [3.63, 3.8) is 0 Å². The number of hydrogen-bond acceptors (Lipinski definition) is 4. The molecule has 4 aromatic rings. The number of nitrogens with one attached hydrogen (secondary N) is 2. The van der Waals surface area contributed by atoms with Gasteiger partial charge in [0.2, 0.25) is 5.91 Å². The molecule has 0 radical (unpaired) electrons. The largest absolute Gasteiger partial charge is 0.345 e. The summed E-state index contributed by atoms with van der Waals surface area (Å²) in [6, 6.07) is 17.2. The summed E-state index contributed by atoms with van der Waals surface area (Å²) < 4.78 is 3.90. The number of amides is 2. The Labute approximate surface area is 204 Å². The van der Waals surface area contributed by atoms with Gasteiger partial charge in [0.25, 0.3) is 5.91 Å². The van der Waals surface area contributed by atoms with E-state index in [1.807, 2.05) is 39.8 Å². The number of hydrogen-bond donors (Lipinski definition) is 2. The van der Waals surface area contributed by atoms with Crippen molar-refractivity contribution in [2.24, 2.45) is 0 Å². The lowest BCUT2D eigenvalue weighted by molar-refractivity contribution is -0.116. The van der Waals surface area contributed by atoms with Crippen molar-refractivity contribution in [3.8, 4) is 0 Å². The second kappa shape index (κ2) is 10.4. The third-order valence-electron chi connectivity index (χ3n) is 6.31. The summed E-state index contributed by atoms with van der Waals surface area (Å²) in [5.41, 5.74) is 4.59. The van der Waals surface area contributed by atoms with Gasteiger partial charge in [0.05, 0.1) is 25.1 Å². The fourth-order valence-electron chi connectivity index (χ4n) is 4.51. The minimum atomic E-state index is -0.159. The van der Waals surface area contributed by atoms with Crippen molar-refractivity contribution in [2.75, 3.05) is 5.32 Å². The number of benzene rings is 2. The monoisotopic (exact) mass is 468 g/mol. The van der Waals surface area contributed by atoms with Crippen molar-refractivity contribution in [1.82, 2.24) is 24.6 Å². The Morgan fingerprint density at radius 1 is 1.09 bits per heavy atom. The van der Waals surface area contributed by atoms with E-state index in [1.165, 1.54) is 11.3 Å². The Morgan fingerprint density at radius 3 is 2.80 bits per heavy atom. The Hall–Kier alpha value is -4.20. The topological polar surface area (TPSA) is 93.8 Å². The van der Waals surface area contributed by atoms with Crippen molar-refractivity contribution in [3.05, 3.63) is 102 Å². The van der Waals surface area contributed by atoms with E-state index in [0.29, 0.717) is 24.2 Å². The molecule has 0 saturated heterocycles. The standard InChI is InChI=1S/C27H28N6O2/c34-26(12-14-32-15-13-28-19-32)30-22-9-4-8-21(16-22)27(35)31-24-10-5-11-25-23(24)17-29-33(25)18-20-6-2-1-3-7-20/h1-4,6-9,13,15-17,19,24H,5,10-12,14,18H2,(H,30,34)(H,31,35). The summed E-state index contributed by atoms with van der Waals surface area (Å²) in [4.78, 5) is 29.4. The summed E-state index contributed by atoms with van der Waals surface area (Å²) >= 11 is 0.